The molecule has 79 heavy (non-hydrogen) atoms. The van der Waals surface area contributed by atoms with Crippen molar-refractivity contribution in [2.45, 2.75) is 0 Å². The number of benzene rings is 8. The Morgan fingerprint density at radius 1 is 0.291 bits per heavy atom. The van der Waals surface area contributed by atoms with Crippen LogP contribution in [0.25, 0.3) is 33.4 Å². The number of hydrogen-bond acceptors (Lipinski definition) is 5. The Balaban J connectivity index is 1.16. The normalized spacial score (nSPS) is 12.1. The van der Waals surface area contributed by atoms with Crippen LogP contribution in [0.5, 0.6) is 46.0 Å². The van der Waals surface area contributed by atoms with E-state index in [-0.39, 0.29) is 5.57 Å². The standard InChI is InChI=1S/C69H48N4O6/c74-69(75)67-58-42-40-56(72-58)65(50-31-15-19-35-62(50)78-46-25-9-3-10-26-46)54-38-37-53(70-54)64(49-30-14-18-34-61(49)77-45-23-7-2-8-24-45)55-39-41-57(71-55)66(51-32-16-20-36-63(51)79-47-27-11-4-12-28-47)68-52(43-59(67)73-68)48-29-13-17-33-60(48)76-44-21-5-1-6-22-44/h1-43,70-73H,(H,74,75). The van der Waals surface area contributed by atoms with Gasteiger partial charge in [0.05, 0.1) is 16.7 Å². The molecule has 0 spiro atoms. The molecule has 0 saturated carbocycles. The van der Waals surface area contributed by atoms with E-state index in [4.69, 9.17) is 18.9 Å². The lowest BCUT2D eigenvalue weighted by Gasteiger charge is -2.16. The molecule has 5 heterocycles. The first-order valence-corrected chi connectivity index (χ1v) is 25.8. The number of carbonyl (C=O) groups is 1. The summed E-state index contributed by atoms with van der Waals surface area (Å²) < 4.78 is 26.9. The predicted molar refractivity (Wildman–Crippen MR) is 307 cm³/mol. The topological polar surface area (TPSA) is 137 Å². The molecule has 0 aliphatic carbocycles. The summed E-state index contributed by atoms with van der Waals surface area (Å²) in [4.78, 5) is 29.2. The van der Waals surface area contributed by atoms with Gasteiger partial charge in [0.2, 0.25) is 0 Å². The number of aliphatic carboxylic acids is 1. The van der Waals surface area contributed by atoms with Crippen LogP contribution in [0.2, 0.25) is 0 Å². The third-order valence-corrected chi connectivity index (χ3v) is 13.8. The van der Waals surface area contributed by atoms with Crippen LogP contribution in [0.1, 0.15) is 39.5 Å². The summed E-state index contributed by atoms with van der Waals surface area (Å²) in [5, 5.41) is 14.0. The average molecular weight is 1030 g/mol. The highest BCUT2D eigenvalue weighted by atomic mass is 16.5. The molecule has 8 aromatic carbocycles. The van der Waals surface area contributed by atoms with E-state index in [1.165, 1.54) is 0 Å². The lowest BCUT2D eigenvalue weighted by Crippen LogP contribution is -2.21. The fourth-order valence-corrected chi connectivity index (χ4v) is 10.2. The van der Waals surface area contributed by atoms with E-state index in [1.54, 1.807) is 0 Å². The lowest BCUT2D eigenvalue weighted by molar-refractivity contribution is -0.130. The number of nitrogens with one attached hydrogen (secondary N) is 4. The lowest BCUT2D eigenvalue weighted by atomic mass is 9.95. The molecule has 5 N–H and O–H groups in total. The van der Waals surface area contributed by atoms with Crippen LogP contribution in [-0.4, -0.2) is 31.0 Å². The Kier molecular flexibility index (Phi) is 12.7. The van der Waals surface area contributed by atoms with Crippen molar-refractivity contribution in [3.8, 4) is 57.1 Å². The molecule has 0 radical (unpaired) electrons. The molecule has 0 unspecified atom stereocenters. The number of carboxylic acids is 1. The second kappa shape index (κ2) is 21.0. The molecule has 380 valence electrons. The van der Waals surface area contributed by atoms with Crippen molar-refractivity contribution < 1.29 is 28.8 Å². The van der Waals surface area contributed by atoms with Gasteiger partial charge in [-0.15, -0.1) is 0 Å². The average Bonchev–Trinajstić information content (AvgIpc) is 4.49. The van der Waals surface area contributed by atoms with Crippen LogP contribution in [0.15, 0.2) is 261 Å². The molecule has 1 aliphatic heterocycles. The van der Waals surface area contributed by atoms with Crippen LogP contribution in [0.3, 0.4) is 0 Å². The minimum Gasteiger partial charge on any atom is -0.478 e. The summed E-state index contributed by atoms with van der Waals surface area (Å²) in [6.45, 7) is 0. The first-order valence-electron chi connectivity index (χ1n) is 25.8. The minimum atomic E-state index is -1.15. The summed E-state index contributed by atoms with van der Waals surface area (Å²) in [6.07, 6.45) is 0. The van der Waals surface area contributed by atoms with E-state index in [2.05, 4.69) is 44.2 Å². The van der Waals surface area contributed by atoms with Gasteiger partial charge < -0.3 is 44.0 Å². The van der Waals surface area contributed by atoms with Crippen molar-refractivity contribution in [2.24, 2.45) is 0 Å². The van der Waals surface area contributed by atoms with Crippen LogP contribution in [-0.2, 0) is 4.79 Å². The molecular weight excluding hydrogens is 981 g/mol. The molecular formula is C69H48N4O6. The van der Waals surface area contributed by atoms with Gasteiger partial charge in [0.1, 0.15) is 51.6 Å². The van der Waals surface area contributed by atoms with Gasteiger partial charge in [-0.05, 0) is 115 Å². The van der Waals surface area contributed by atoms with Gasteiger partial charge in [-0.25, -0.2) is 4.79 Å². The Morgan fingerprint density at radius 2 is 0.620 bits per heavy atom. The third kappa shape index (κ3) is 9.58. The Labute approximate surface area is 453 Å². The van der Waals surface area contributed by atoms with Gasteiger partial charge in [0, 0.05) is 72.0 Å². The summed E-state index contributed by atoms with van der Waals surface area (Å²) in [7, 11) is 0. The summed E-state index contributed by atoms with van der Waals surface area (Å²) in [5.74, 6) is 3.86. The number of aromatic nitrogens is 4. The zero-order valence-corrected chi connectivity index (χ0v) is 42.3. The van der Waals surface area contributed by atoms with Gasteiger partial charge in [0.25, 0.3) is 0 Å². The van der Waals surface area contributed by atoms with Crippen molar-refractivity contribution in [1.29, 1.82) is 0 Å². The van der Waals surface area contributed by atoms with Crippen LogP contribution < -0.4 is 40.3 Å². The second-order valence-electron chi connectivity index (χ2n) is 18.8. The quantitative estimate of drug-likeness (QED) is 0.0780. The number of ether oxygens (including phenoxy) is 4. The Hall–Kier alpha value is -11.0. The van der Waals surface area contributed by atoms with Gasteiger partial charge in [-0.1, -0.05) is 146 Å². The largest absolute Gasteiger partial charge is 0.478 e. The van der Waals surface area contributed by atoms with Crippen molar-refractivity contribution in [2.75, 3.05) is 0 Å². The highest BCUT2D eigenvalue weighted by Crippen LogP contribution is 2.43. The second-order valence-corrected chi connectivity index (χ2v) is 18.8. The molecule has 10 heteroatoms. The summed E-state index contributed by atoms with van der Waals surface area (Å²) in [6, 6.07) is 84.0. The molecule has 1 aliphatic rings. The van der Waals surface area contributed by atoms with Gasteiger partial charge >= 0.3 is 5.97 Å². The molecule has 12 aromatic rings. The van der Waals surface area contributed by atoms with Crippen LogP contribution in [0, 0.1) is 0 Å². The molecule has 0 saturated heterocycles. The molecule has 0 amide bonds. The van der Waals surface area contributed by atoms with E-state index in [9.17, 15) is 9.90 Å². The van der Waals surface area contributed by atoms with Crippen LogP contribution >= 0.6 is 0 Å². The minimum absolute atomic E-state index is 0.0126. The smallest absolute Gasteiger partial charge is 0.339 e. The number of H-pyrrole nitrogens is 4. The Bertz CT molecular complexity index is 4460. The molecule has 10 nitrogen and oxygen atoms in total. The fourth-order valence-electron chi connectivity index (χ4n) is 10.2. The van der Waals surface area contributed by atoms with Crippen molar-refractivity contribution in [3.05, 3.63) is 322 Å². The van der Waals surface area contributed by atoms with Crippen LogP contribution in [0.4, 0.5) is 0 Å². The van der Waals surface area contributed by atoms with Crippen molar-refractivity contribution in [3.63, 3.8) is 0 Å². The zero-order chi connectivity index (χ0) is 53.1. The predicted octanol–water partition coefficient (Wildman–Crippen LogP) is 13.2. The number of rotatable bonds is 13. The van der Waals surface area contributed by atoms with E-state index in [0.29, 0.717) is 90.1 Å². The SMILES string of the molecule is O=C(O)C1=c2ccc([nH]2)=C(c2ccccc2Oc2ccccc2)c2ccc([nH]2)C(c2ccccc2Oc2ccccc2)=c2ccc([nH]2)=C(c2ccccc2Oc2ccccc2)c2[nH]c1cc2-c1ccccc1Oc1ccccc1. The van der Waals surface area contributed by atoms with Crippen molar-refractivity contribution >= 4 is 28.3 Å². The third-order valence-electron chi connectivity index (χ3n) is 13.8. The zero-order valence-electron chi connectivity index (χ0n) is 42.3. The van der Waals surface area contributed by atoms with E-state index < -0.39 is 5.97 Å². The highest BCUT2D eigenvalue weighted by Gasteiger charge is 2.27. The maximum absolute atomic E-state index is 14.1. The maximum atomic E-state index is 14.1. The molecule has 8 bridgehead atoms. The van der Waals surface area contributed by atoms with E-state index in [0.717, 1.165) is 44.6 Å². The fraction of sp³-hybridized carbons (Fsp3) is 0. The first-order chi connectivity index (χ1) is 39.0. The number of fused-ring (bicyclic) bond motifs is 8. The summed E-state index contributed by atoms with van der Waals surface area (Å²) in [5.41, 5.74) is 8.42. The monoisotopic (exact) mass is 1030 g/mol. The summed E-state index contributed by atoms with van der Waals surface area (Å²) >= 11 is 0. The highest BCUT2D eigenvalue weighted by molar-refractivity contribution is 6.15. The number of hydrogen-bond donors (Lipinski definition) is 5. The van der Waals surface area contributed by atoms with Gasteiger partial charge in [-0.2, -0.15) is 0 Å². The molecule has 13 rings (SSSR count). The number of carboxylic acid groups (broad SMARTS) is 1. The van der Waals surface area contributed by atoms with Gasteiger partial charge in [-0.3, -0.25) is 0 Å². The Morgan fingerprint density at radius 3 is 1.04 bits per heavy atom. The van der Waals surface area contributed by atoms with E-state index >= 15 is 0 Å². The number of para-hydroxylation sites is 8. The van der Waals surface area contributed by atoms with Crippen molar-refractivity contribution in [1.82, 2.24) is 19.9 Å². The molecule has 0 atom stereocenters. The van der Waals surface area contributed by atoms with Gasteiger partial charge in [0.15, 0.2) is 0 Å². The van der Waals surface area contributed by atoms with E-state index in [1.807, 2.05) is 237 Å². The molecule has 4 aromatic heterocycles. The maximum Gasteiger partial charge on any atom is 0.339 e. The molecule has 0 fully saturated rings. The number of aromatic amines is 4. The first kappa shape index (κ1) is 47.7.